The summed E-state index contributed by atoms with van der Waals surface area (Å²) in [6.07, 6.45) is -3.49. The zero-order chi connectivity index (χ0) is 23.6. The normalized spacial score (nSPS) is 19.0. The number of anilines is 2. The molecule has 9 nitrogen and oxygen atoms in total. The molecule has 1 aromatic carbocycles. The van der Waals surface area contributed by atoms with Gasteiger partial charge in [-0.1, -0.05) is 12.1 Å². The summed E-state index contributed by atoms with van der Waals surface area (Å²) in [4.78, 5) is 14.6. The van der Waals surface area contributed by atoms with Gasteiger partial charge in [0.2, 0.25) is 10.0 Å². The molecule has 0 spiro atoms. The van der Waals surface area contributed by atoms with Gasteiger partial charge in [0.1, 0.15) is 28.6 Å². The number of sulfonamides is 1. The molecule has 0 saturated carbocycles. The molecule has 0 atom stereocenters. The van der Waals surface area contributed by atoms with Crippen LogP contribution in [-0.4, -0.2) is 93.4 Å². The van der Waals surface area contributed by atoms with E-state index in [0.717, 1.165) is 44.1 Å². The standard InChI is InChI=1S/C20H25F3N6O3S/c1-26-6-8-27(9-7-26)18-14-19(25-15-24-18)28-10-12-29(13-11-28)33(30,31)17-5-3-2-4-16(17)32-20(21,22)23/h2-5,14-15H,6-13H2,1H3. The Kier molecular flexibility index (Phi) is 6.64. The first-order valence-corrected chi connectivity index (χ1v) is 11.9. The van der Waals surface area contributed by atoms with Gasteiger partial charge in [-0.2, -0.15) is 4.31 Å². The van der Waals surface area contributed by atoms with Crippen LogP contribution in [0.4, 0.5) is 24.8 Å². The van der Waals surface area contributed by atoms with Gasteiger partial charge >= 0.3 is 6.36 Å². The average Bonchev–Trinajstić information content (AvgIpc) is 2.79. The maximum Gasteiger partial charge on any atom is 0.573 e. The number of benzene rings is 1. The number of nitrogens with zero attached hydrogens (tertiary/aromatic N) is 6. The van der Waals surface area contributed by atoms with E-state index in [2.05, 4.69) is 31.6 Å². The van der Waals surface area contributed by atoms with Crippen LogP contribution in [0.15, 0.2) is 41.6 Å². The number of likely N-dealkylation sites (N-methyl/N-ethyl adjacent to an activating group) is 1. The van der Waals surface area contributed by atoms with Crippen molar-refractivity contribution in [2.75, 3.05) is 69.2 Å². The monoisotopic (exact) mass is 486 g/mol. The van der Waals surface area contributed by atoms with Gasteiger partial charge in [-0.25, -0.2) is 18.4 Å². The minimum absolute atomic E-state index is 0.108. The summed E-state index contributed by atoms with van der Waals surface area (Å²) in [5, 5.41) is 0. The van der Waals surface area contributed by atoms with Gasteiger partial charge in [0, 0.05) is 58.4 Å². The van der Waals surface area contributed by atoms with E-state index >= 15 is 0 Å². The largest absolute Gasteiger partial charge is 0.573 e. The van der Waals surface area contributed by atoms with E-state index in [1.165, 1.54) is 22.8 Å². The van der Waals surface area contributed by atoms with Crippen LogP contribution >= 0.6 is 0 Å². The number of ether oxygens (including phenoxy) is 1. The number of para-hydroxylation sites is 1. The number of aromatic nitrogens is 2. The highest BCUT2D eigenvalue weighted by Gasteiger charge is 2.36. The molecule has 3 heterocycles. The fraction of sp³-hybridized carbons (Fsp3) is 0.500. The first kappa shape index (κ1) is 23.5. The molecule has 180 valence electrons. The number of alkyl halides is 3. The van der Waals surface area contributed by atoms with Crippen LogP contribution in [0.5, 0.6) is 5.75 Å². The lowest BCUT2D eigenvalue weighted by atomic mass is 10.3. The van der Waals surface area contributed by atoms with Crippen LogP contribution in [0, 0.1) is 0 Å². The second-order valence-electron chi connectivity index (χ2n) is 7.91. The lowest BCUT2D eigenvalue weighted by Gasteiger charge is -2.36. The smallest absolute Gasteiger partial charge is 0.404 e. The Hall–Kier alpha value is -2.64. The quantitative estimate of drug-likeness (QED) is 0.631. The van der Waals surface area contributed by atoms with Gasteiger partial charge in [0.25, 0.3) is 0 Å². The van der Waals surface area contributed by atoms with Crippen molar-refractivity contribution in [2.45, 2.75) is 11.3 Å². The molecule has 2 aromatic rings. The predicted molar refractivity (Wildman–Crippen MR) is 116 cm³/mol. The van der Waals surface area contributed by atoms with Crippen LogP contribution in [0.25, 0.3) is 0 Å². The van der Waals surface area contributed by atoms with E-state index in [4.69, 9.17) is 0 Å². The third kappa shape index (κ3) is 5.47. The third-order valence-electron chi connectivity index (χ3n) is 5.72. The van der Waals surface area contributed by atoms with Crippen molar-refractivity contribution in [3.05, 3.63) is 36.7 Å². The van der Waals surface area contributed by atoms with Gasteiger partial charge in [-0.3, -0.25) is 0 Å². The third-order valence-corrected chi connectivity index (χ3v) is 7.66. The maximum absolute atomic E-state index is 13.0. The van der Waals surface area contributed by atoms with Gasteiger partial charge in [-0.05, 0) is 19.2 Å². The molecule has 0 unspecified atom stereocenters. The molecule has 0 N–H and O–H groups in total. The van der Waals surface area contributed by atoms with Crippen molar-refractivity contribution >= 4 is 21.7 Å². The molecule has 13 heteroatoms. The van der Waals surface area contributed by atoms with Crippen molar-refractivity contribution in [3.8, 4) is 5.75 Å². The molecule has 4 rings (SSSR count). The lowest BCUT2D eigenvalue weighted by molar-refractivity contribution is -0.275. The Morgan fingerprint density at radius 1 is 0.879 bits per heavy atom. The Balaban J connectivity index is 1.45. The second kappa shape index (κ2) is 9.31. The van der Waals surface area contributed by atoms with Crippen molar-refractivity contribution in [1.29, 1.82) is 0 Å². The number of hydrogen-bond donors (Lipinski definition) is 0. The summed E-state index contributed by atoms with van der Waals surface area (Å²) in [6, 6.07) is 6.67. The molecule has 0 radical (unpaired) electrons. The minimum atomic E-state index is -4.99. The summed E-state index contributed by atoms with van der Waals surface area (Å²) in [7, 11) is -2.09. The maximum atomic E-state index is 13.0. The Bertz CT molecular complexity index is 1070. The molecule has 1 aromatic heterocycles. The molecular weight excluding hydrogens is 461 g/mol. The zero-order valence-corrected chi connectivity index (χ0v) is 18.9. The van der Waals surface area contributed by atoms with E-state index in [-0.39, 0.29) is 13.1 Å². The van der Waals surface area contributed by atoms with Crippen LogP contribution in [0.2, 0.25) is 0 Å². The van der Waals surface area contributed by atoms with Crippen LogP contribution < -0.4 is 14.5 Å². The van der Waals surface area contributed by atoms with E-state index in [1.807, 2.05) is 11.0 Å². The Morgan fingerprint density at radius 3 is 2.00 bits per heavy atom. The van der Waals surface area contributed by atoms with E-state index < -0.39 is 27.0 Å². The van der Waals surface area contributed by atoms with Gasteiger partial charge in [0.05, 0.1) is 0 Å². The molecule has 2 aliphatic rings. The average molecular weight is 487 g/mol. The fourth-order valence-corrected chi connectivity index (χ4v) is 5.42. The fourth-order valence-electron chi connectivity index (χ4n) is 3.89. The molecule has 2 aliphatic heterocycles. The van der Waals surface area contributed by atoms with E-state index in [1.54, 1.807) is 0 Å². The number of rotatable bonds is 5. The number of hydrogen-bond acceptors (Lipinski definition) is 8. The number of halogens is 3. The molecule has 33 heavy (non-hydrogen) atoms. The SMILES string of the molecule is CN1CCN(c2cc(N3CCN(S(=O)(=O)c4ccccc4OC(F)(F)F)CC3)ncn2)CC1. The molecule has 2 fully saturated rings. The first-order valence-electron chi connectivity index (χ1n) is 10.5. The van der Waals surface area contributed by atoms with Crippen molar-refractivity contribution in [3.63, 3.8) is 0 Å². The Morgan fingerprint density at radius 2 is 1.42 bits per heavy atom. The first-order chi connectivity index (χ1) is 15.6. The van der Waals surface area contributed by atoms with E-state index in [9.17, 15) is 21.6 Å². The van der Waals surface area contributed by atoms with Crippen LogP contribution in [0.1, 0.15) is 0 Å². The van der Waals surface area contributed by atoms with Gasteiger partial charge < -0.3 is 19.4 Å². The Labute approximate surface area is 190 Å². The summed E-state index contributed by atoms with van der Waals surface area (Å²) in [5.74, 6) is 0.776. The van der Waals surface area contributed by atoms with Crippen molar-refractivity contribution in [2.24, 2.45) is 0 Å². The van der Waals surface area contributed by atoms with Crippen LogP contribution in [-0.2, 0) is 10.0 Å². The highest BCUT2D eigenvalue weighted by molar-refractivity contribution is 7.89. The highest BCUT2D eigenvalue weighted by atomic mass is 32.2. The highest BCUT2D eigenvalue weighted by Crippen LogP contribution is 2.32. The molecule has 0 aliphatic carbocycles. The molecular formula is C20H25F3N6O3S. The topological polar surface area (TPSA) is 82.1 Å². The summed E-state index contributed by atoms with van der Waals surface area (Å²) >= 11 is 0. The minimum Gasteiger partial charge on any atom is -0.404 e. The summed E-state index contributed by atoms with van der Waals surface area (Å²) in [5.41, 5.74) is 0. The molecule has 2 saturated heterocycles. The van der Waals surface area contributed by atoms with E-state index in [0.29, 0.717) is 18.9 Å². The summed E-state index contributed by atoms with van der Waals surface area (Å²) in [6.45, 7) is 4.51. The van der Waals surface area contributed by atoms with Crippen molar-refractivity contribution in [1.82, 2.24) is 19.2 Å². The molecule has 0 amide bonds. The second-order valence-corrected chi connectivity index (χ2v) is 9.82. The summed E-state index contributed by atoms with van der Waals surface area (Å²) < 4.78 is 69.4. The van der Waals surface area contributed by atoms with Crippen LogP contribution in [0.3, 0.4) is 0 Å². The lowest BCUT2D eigenvalue weighted by Crippen LogP contribution is -2.49. The van der Waals surface area contributed by atoms with Gasteiger partial charge in [-0.15, -0.1) is 13.2 Å². The number of piperazine rings is 2. The van der Waals surface area contributed by atoms with Crippen molar-refractivity contribution < 1.29 is 26.3 Å². The molecule has 0 bridgehead atoms. The zero-order valence-electron chi connectivity index (χ0n) is 18.1. The van der Waals surface area contributed by atoms with Gasteiger partial charge in [0.15, 0.2) is 0 Å². The predicted octanol–water partition coefficient (Wildman–Crippen LogP) is 1.64.